The number of carbonyl (C=O) groups is 1. The molecule has 4 aromatic rings. The Balaban J connectivity index is 1.68. The van der Waals surface area contributed by atoms with E-state index >= 15 is 0 Å². The third-order valence-electron chi connectivity index (χ3n) is 3.95. The lowest BCUT2D eigenvalue weighted by Gasteiger charge is -2.18. The van der Waals surface area contributed by atoms with Crippen molar-refractivity contribution in [1.82, 2.24) is 24.5 Å². The summed E-state index contributed by atoms with van der Waals surface area (Å²) in [5, 5.41) is 4.32. The number of carbonyl (C=O) groups excluding carboxylic acids is 1. The van der Waals surface area contributed by atoms with Crippen LogP contribution in [0.25, 0.3) is 5.78 Å². The molecule has 0 saturated carbocycles. The van der Waals surface area contributed by atoms with E-state index in [2.05, 4.69) is 15.1 Å². The van der Waals surface area contributed by atoms with E-state index in [9.17, 15) is 4.79 Å². The molecule has 26 heavy (non-hydrogen) atoms. The van der Waals surface area contributed by atoms with Gasteiger partial charge in [-0.2, -0.15) is 4.98 Å². The lowest BCUT2D eigenvalue weighted by molar-refractivity contribution is 0.0692. The van der Waals surface area contributed by atoms with Gasteiger partial charge in [-0.05, 0) is 44.2 Å². The average Bonchev–Trinajstić information content (AvgIpc) is 3.35. The molecule has 0 radical (unpaired) electrons. The molecular formula is C18H17N5O3. The van der Waals surface area contributed by atoms with E-state index < -0.39 is 0 Å². The smallest absolute Gasteiger partial charge is 0.294 e. The molecule has 0 aliphatic rings. The molecule has 0 bridgehead atoms. The Kier molecular flexibility index (Phi) is 4.00. The molecule has 8 nitrogen and oxygen atoms in total. The summed E-state index contributed by atoms with van der Waals surface area (Å²) in [6, 6.07) is 9.08. The molecule has 0 atom stereocenters. The normalized spacial score (nSPS) is 11.2. The molecule has 0 aromatic carbocycles. The van der Waals surface area contributed by atoms with E-state index in [4.69, 9.17) is 8.83 Å². The Morgan fingerprint density at radius 1 is 1.08 bits per heavy atom. The lowest BCUT2D eigenvalue weighted by atomic mass is 10.3. The van der Waals surface area contributed by atoms with Crippen LogP contribution in [0, 0.1) is 13.8 Å². The van der Waals surface area contributed by atoms with Gasteiger partial charge in [0.05, 0.1) is 25.6 Å². The van der Waals surface area contributed by atoms with E-state index in [1.807, 2.05) is 32.0 Å². The van der Waals surface area contributed by atoms with E-state index in [0.717, 1.165) is 11.4 Å². The number of fused-ring (bicyclic) bond motifs is 1. The van der Waals surface area contributed by atoms with Gasteiger partial charge in [0, 0.05) is 11.4 Å². The molecule has 0 unspecified atom stereocenters. The van der Waals surface area contributed by atoms with Gasteiger partial charge in [-0.1, -0.05) is 0 Å². The van der Waals surface area contributed by atoms with Gasteiger partial charge in [0.15, 0.2) is 0 Å². The maximum absolute atomic E-state index is 13.0. The van der Waals surface area contributed by atoms with Crippen molar-refractivity contribution in [2.75, 3.05) is 0 Å². The highest BCUT2D eigenvalue weighted by atomic mass is 16.3. The summed E-state index contributed by atoms with van der Waals surface area (Å²) in [6.07, 6.45) is 3.15. The van der Waals surface area contributed by atoms with Crippen LogP contribution in [0.1, 0.15) is 33.5 Å². The van der Waals surface area contributed by atoms with E-state index in [1.165, 1.54) is 0 Å². The first kappa shape index (κ1) is 16.1. The van der Waals surface area contributed by atoms with Crippen molar-refractivity contribution in [1.29, 1.82) is 0 Å². The predicted molar refractivity (Wildman–Crippen MR) is 91.2 cm³/mol. The summed E-state index contributed by atoms with van der Waals surface area (Å²) in [7, 11) is 0. The third kappa shape index (κ3) is 3.08. The number of hydrogen-bond acceptors (Lipinski definition) is 6. The molecule has 4 heterocycles. The quantitative estimate of drug-likeness (QED) is 0.549. The number of aromatic nitrogens is 4. The van der Waals surface area contributed by atoms with Crippen LogP contribution in [-0.2, 0) is 13.1 Å². The van der Waals surface area contributed by atoms with Crippen molar-refractivity contribution in [2.45, 2.75) is 26.9 Å². The molecule has 4 aromatic heterocycles. The van der Waals surface area contributed by atoms with Crippen LogP contribution in [-0.4, -0.2) is 30.4 Å². The molecule has 132 valence electrons. The molecule has 0 spiro atoms. The largest absolute Gasteiger partial charge is 0.467 e. The van der Waals surface area contributed by atoms with Gasteiger partial charge in [-0.15, -0.1) is 5.10 Å². The Bertz CT molecular complexity index is 998. The highest BCUT2D eigenvalue weighted by Gasteiger charge is 2.23. The highest BCUT2D eigenvalue weighted by molar-refractivity contribution is 5.90. The second-order valence-corrected chi connectivity index (χ2v) is 6.01. The van der Waals surface area contributed by atoms with E-state index in [-0.39, 0.29) is 24.8 Å². The minimum absolute atomic E-state index is 0.0873. The van der Waals surface area contributed by atoms with Crippen LogP contribution in [0.5, 0.6) is 0 Å². The Hall–Kier alpha value is -3.42. The van der Waals surface area contributed by atoms with Crippen molar-refractivity contribution in [3.63, 3.8) is 0 Å². The van der Waals surface area contributed by atoms with Gasteiger partial charge in [-0.3, -0.25) is 4.79 Å². The minimum Gasteiger partial charge on any atom is -0.467 e. The van der Waals surface area contributed by atoms with Crippen molar-refractivity contribution in [3.05, 3.63) is 71.6 Å². The van der Waals surface area contributed by atoms with Gasteiger partial charge in [0.25, 0.3) is 11.7 Å². The van der Waals surface area contributed by atoms with Crippen LogP contribution in [0.2, 0.25) is 0 Å². The summed E-state index contributed by atoms with van der Waals surface area (Å²) in [5.74, 6) is 1.50. The van der Waals surface area contributed by atoms with E-state index in [1.54, 1.807) is 34.1 Å². The number of hydrogen-bond donors (Lipinski definition) is 0. The second kappa shape index (κ2) is 6.47. The maximum atomic E-state index is 13.0. The number of aryl methyl sites for hydroxylation is 2. The summed E-state index contributed by atoms with van der Waals surface area (Å²) in [5.41, 5.74) is 1.69. The van der Waals surface area contributed by atoms with Crippen LogP contribution < -0.4 is 0 Å². The summed E-state index contributed by atoms with van der Waals surface area (Å²) >= 11 is 0. The molecule has 1 amide bonds. The van der Waals surface area contributed by atoms with Crippen molar-refractivity contribution in [2.24, 2.45) is 0 Å². The van der Waals surface area contributed by atoms with Gasteiger partial charge in [-0.25, -0.2) is 9.50 Å². The Morgan fingerprint density at radius 3 is 2.31 bits per heavy atom. The standard InChI is InChI=1S/C18H17N5O3/c1-12-9-13(2)23-18(19-12)20-16(21-23)17(24)22(10-14-5-3-7-25-14)11-15-6-4-8-26-15/h3-9H,10-11H2,1-2H3. The van der Waals surface area contributed by atoms with Crippen molar-refractivity contribution >= 4 is 11.7 Å². The fraction of sp³-hybridized carbons (Fsp3) is 0.222. The monoisotopic (exact) mass is 351 g/mol. The zero-order valence-electron chi connectivity index (χ0n) is 14.4. The average molecular weight is 351 g/mol. The third-order valence-corrected chi connectivity index (χ3v) is 3.95. The fourth-order valence-electron chi connectivity index (χ4n) is 2.78. The molecule has 8 heteroatoms. The molecule has 0 saturated heterocycles. The topological polar surface area (TPSA) is 89.7 Å². The Morgan fingerprint density at radius 2 is 1.73 bits per heavy atom. The SMILES string of the molecule is Cc1cc(C)n2nc(C(=O)N(Cc3ccco3)Cc3ccco3)nc2n1. The van der Waals surface area contributed by atoms with Crippen LogP contribution in [0.4, 0.5) is 0 Å². The van der Waals surface area contributed by atoms with Crippen LogP contribution in [0.3, 0.4) is 0 Å². The number of amides is 1. The number of furan rings is 2. The fourth-order valence-corrected chi connectivity index (χ4v) is 2.78. The molecule has 0 aliphatic heterocycles. The lowest BCUT2D eigenvalue weighted by Crippen LogP contribution is -2.30. The first-order valence-electron chi connectivity index (χ1n) is 8.15. The molecular weight excluding hydrogens is 334 g/mol. The minimum atomic E-state index is -0.319. The van der Waals surface area contributed by atoms with Gasteiger partial charge < -0.3 is 13.7 Å². The molecule has 0 aliphatic carbocycles. The van der Waals surface area contributed by atoms with Crippen molar-refractivity contribution < 1.29 is 13.6 Å². The zero-order valence-corrected chi connectivity index (χ0v) is 14.4. The zero-order chi connectivity index (χ0) is 18.1. The van der Waals surface area contributed by atoms with Crippen LogP contribution >= 0.6 is 0 Å². The van der Waals surface area contributed by atoms with Gasteiger partial charge in [0.1, 0.15) is 11.5 Å². The molecule has 0 fully saturated rings. The summed E-state index contributed by atoms with van der Waals surface area (Å²) in [4.78, 5) is 23.3. The predicted octanol–water partition coefficient (Wildman–Crippen LogP) is 2.77. The molecule has 0 N–H and O–H groups in total. The second-order valence-electron chi connectivity index (χ2n) is 6.01. The highest BCUT2D eigenvalue weighted by Crippen LogP contribution is 2.14. The molecule has 4 rings (SSSR count). The van der Waals surface area contributed by atoms with Crippen LogP contribution in [0.15, 0.2) is 51.7 Å². The number of rotatable bonds is 5. The Labute approximate surface area is 149 Å². The van der Waals surface area contributed by atoms with Crippen molar-refractivity contribution in [3.8, 4) is 0 Å². The number of nitrogens with zero attached hydrogens (tertiary/aromatic N) is 5. The van der Waals surface area contributed by atoms with Gasteiger partial charge in [0.2, 0.25) is 5.82 Å². The van der Waals surface area contributed by atoms with E-state index in [0.29, 0.717) is 17.3 Å². The van der Waals surface area contributed by atoms with Gasteiger partial charge >= 0.3 is 0 Å². The summed E-state index contributed by atoms with van der Waals surface area (Å²) < 4.78 is 12.3. The summed E-state index contributed by atoms with van der Waals surface area (Å²) in [6.45, 7) is 4.35. The maximum Gasteiger partial charge on any atom is 0.294 e. The first-order chi connectivity index (χ1) is 12.6. The first-order valence-corrected chi connectivity index (χ1v) is 8.15.